The van der Waals surface area contributed by atoms with E-state index < -0.39 is 22.5 Å². The zero-order valence-corrected chi connectivity index (χ0v) is 14.2. The second kappa shape index (κ2) is 6.60. The van der Waals surface area contributed by atoms with Crippen molar-refractivity contribution < 1.29 is 18.3 Å². The van der Waals surface area contributed by atoms with Gasteiger partial charge in [0.2, 0.25) is 0 Å². The molecular weight excluding hydrogens is 338 g/mol. The van der Waals surface area contributed by atoms with Crippen LogP contribution in [0.3, 0.4) is 0 Å². The molecule has 0 aliphatic heterocycles. The summed E-state index contributed by atoms with van der Waals surface area (Å²) in [5.41, 5.74) is 2.11. The first kappa shape index (κ1) is 17.3. The second-order valence-electron chi connectivity index (χ2n) is 5.11. The molecule has 7 heteroatoms. The number of halogens is 1. The highest BCUT2D eigenvalue weighted by Gasteiger charge is 2.25. The van der Waals surface area contributed by atoms with Crippen molar-refractivity contribution in [3.8, 4) is 0 Å². The molecule has 2 rings (SSSR count). The maximum Gasteiger partial charge on any atom is 0.264 e. The average Bonchev–Trinajstić information content (AvgIpc) is 2.48. The minimum Gasteiger partial charge on any atom is -0.548 e. The van der Waals surface area contributed by atoms with Crippen LogP contribution < -0.4 is 9.41 Å². The van der Waals surface area contributed by atoms with Crippen molar-refractivity contribution in [2.24, 2.45) is 0 Å². The van der Waals surface area contributed by atoms with Gasteiger partial charge in [-0.25, -0.2) is 8.42 Å². The Morgan fingerprint density at radius 2 is 1.70 bits per heavy atom. The summed E-state index contributed by atoms with van der Waals surface area (Å²) in [7, 11) is -4.04. The molecule has 0 radical (unpaired) electrons. The van der Waals surface area contributed by atoms with Gasteiger partial charge in [0, 0.05) is 5.02 Å². The van der Waals surface area contributed by atoms with E-state index in [-0.39, 0.29) is 10.6 Å². The molecule has 0 unspecified atom stereocenters. The number of benzene rings is 2. The SMILES string of the molecule is Cc1ccc(N(CC(=O)[O-])S(=O)(=O)c2ccc(Cl)cc2)cc1C. The number of rotatable bonds is 5. The zero-order valence-electron chi connectivity index (χ0n) is 12.6. The first-order valence-corrected chi connectivity index (χ1v) is 8.59. The minimum atomic E-state index is -4.04. The minimum absolute atomic E-state index is 0.0404. The molecule has 23 heavy (non-hydrogen) atoms. The predicted molar refractivity (Wildman–Crippen MR) is 86.9 cm³/mol. The van der Waals surface area contributed by atoms with Crippen LogP contribution in [-0.4, -0.2) is 20.9 Å². The first-order chi connectivity index (χ1) is 10.7. The summed E-state index contributed by atoms with van der Waals surface area (Å²) in [5, 5.41) is 11.4. The van der Waals surface area contributed by atoms with Crippen LogP contribution >= 0.6 is 11.6 Å². The van der Waals surface area contributed by atoms with Crippen LogP contribution in [-0.2, 0) is 14.8 Å². The fourth-order valence-corrected chi connectivity index (χ4v) is 3.57. The maximum absolute atomic E-state index is 12.8. The number of carboxylic acids is 1. The molecule has 0 bridgehead atoms. The lowest BCUT2D eigenvalue weighted by molar-refractivity contribution is -0.303. The van der Waals surface area contributed by atoms with Gasteiger partial charge in [0.05, 0.1) is 23.1 Å². The summed E-state index contributed by atoms with van der Waals surface area (Å²) in [6, 6.07) is 10.5. The largest absolute Gasteiger partial charge is 0.548 e. The standard InChI is InChI=1S/C16H16ClNO4S/c1-11-3-6-14(9-12(11)2)18(10-16(19)20)23(21,22)15-7-4-13(17)5-8-15/h3-9H,10H2,1-2H3,(H,19,20)/p-1. The van der Waals surface area contributed by atoms with Crippen LogP contribution in [0.25, 0.3) is 0 Å². The molecule has 0 spiro atoms. The second-order valence-corrected chi connectivity index (χ2v) is 7.40. The lowest BCUT2D eigenvalue weighted by Gasteiger charge is -2.25. The highest BCUT2D eigenvalue weighted by atomic mass is 35.5. The number of sulfonamides is 1. The van der Waals surface area contributed by atoms with Gasteiger partial charge in [-0.2, -0.15) is 0 Å². The topological polar surface area (TPSA) is 77.5 Å². The third kappa shape index (κ3) is 3.83. The van der Waals surface area contributed by atoms with Crippen molar-refractivity contribution in [1.29, 1.82) is 0 Å². The smallest absolute Gasteiger partial charge is 0.264 e. The molecule has 0 N–H and O–H groups in total. The number of carbonyl (C=O) groups excluding carboxylic acids is 1. The molecule has 0 atom stereocenters. The Bertz CT molecular complexity index is 832. The van der Waals surface area contributed by atoms with Crippen molar-refractivity contribution in [3.05, 3.63) is 58.6 Å². The Morgan fingerprint density at radius 3 is 2.22 bits per heavy atom. The van der Waals surface area contributed by atoms with Crippen LogP contribution in [0.4, 0.5) is 5.69 Å². The Hall–Kier alpha value is -2.05. The van der Waals surface area contributed by atoms with Gasteiger partial charge in [-0.1, -0.05) is 17.7 Å². The van der Waals surface area contributed by atoms with E-state index in [9.17, 15) is 18.3 Å². The average molecular weight is 353 g/mol. The quantitative estimate of drug-likeness (QED) is 0.823. The zero-order chi connectivity index (χ0) is 17.2. The Kier molecular flexibility index (Phi) is 4.97. The van der Waals surface area contributed by atoms with Crippen molar-refractivity contribution in [3.63, 3.8) is 0 Å². The van der Waals surface area contributed by atoms with Crippen LogP contribution in [0.5, 0.6) is 0 Å². The molecule has 0 aliphatic carbocycles. The summed E-state index contributed by atoms with van der Waals surface area (Å²) in [4.78, 5) is 11.0. The number of nitrogens with zero attached hydrogens (tertiary/aromatic N) is 1. The summed E-state index contributed by atoms with van der Waals surface area (Å²) in [5.74, 6) is -1.49. The predicted octanol–water partition coefficient (Wildman–Crippen LogP) is 1.90. The van der Waals surface area contributed by atoms with E-state index >= 15 is 0 Å². The Balaban J connectivity index is 2.55. The molecule has 0 saturated carbocycles. The third-order valence-electron chi connectivity index (χ3n) is 3.45. The number of hydrogen-bond donors (Lipinski definition) is 0. The van der Waals surface area contributed by atoms with Crippen LogP contribution in [0, 0.1) is 13.8 Å². The van der Waals surface area contributed by atoms with Crippen LogP contribution in [0.1, 0.15) is 11.1 Å². The highest BCUT2D eigenvalue weighted by molar-refractivity contribution is 7.92. The molecule has 0 saturated heterocycles. The molecule has 0 heterocycles. The fraction of sp³-hybridized carbons (Fsp3) is 0.188. The van der Waals surface area contributed by atoms with E-state index in [0.717, 1.165) is 15.4 Å². The van der Waals surface area contributed by atoms with Gasteiger partial charge in [0.15, 0.2) is 0 Å². The van der Waals surface area contributed by atoms with Gasteiger partial charge in [0.25, 0.3) is 10.0 Å². The van der Waals surface area contributed by atoms with Gasteiger partial charge in [-0.3, -0.25) is 4.31 Å². The van der Waals surface area contributed by atoms with E-state index in [2.05, 4.69) is 0 Å². The van der Waals surface area contributed by atoms with Gasteiger partial charge in [-0.05, 0) is 61.4 Å². The maximum atomic E-state index is 12.8. The van der Waals surface area contributed by atoms with Crippen molar-refractivity contribution in [2.75, 3.05) is 10.8 Å². The van der Waals surface area contributed by atoms with Gasteiger partial charge in [0.1, 0.15) is 0 Å². The van der Waals surface area contributed by atoms with Gasteiger partial charge in [-0.15, -0.1) is 0 Å². The van der Waals surface area contributed by atoms with Gasteiger partial charge >= 0.3 is 0 Å². The summed E-state index contributed by atoms with van der Waals surface area (Å²) in [6.07, 6.45) is 0. The van der Waals surface area contributed by atoms with Gasteiger partial charge < -0.3 is 9.90 Å². The van der Waals surface area contributed by atoms with Crippen molar-refractivity contribution in [1.82, 2.24) is 0 Å². The Morgan fingerprint density at radius 1 is 1.09 bits per heavy atom. The molecule has 5 nitrogen and oxygen atoms in total. The molecule has 2 aromatic rings. The fourth-order valence-electron chi connectivity index (χ4n) is 2.05. The first-order valence-electron chi connectivity index (χ1n) is 6.77. The highest BCUT2D eigenvalue weighted by Crippen LogP contribution is 2.26. The lowest BCUT2D eigenvalue weighted by atomic mass is 10.1. The Labute approximate surface area is 140 Å². The normalized spacial score (nSPS) is 11.3. The number of aryl methyl sites for hydroxylation is 2. The molecule has 0 fully saturated rings. The summed E-state index contributed by atoms with van der Waals surface area (Å²) < 4.78 is 26.4. The van der Waals surface area contributed by atoms with E-state index in [4.69, 9.17) is 11.6 Å². The monoisotopic (exact) mass is 352 g/mol. The van der Waals surface area contributed by atoms with Crippen molar-refractivity contribution >= 4 is 33.3 Å². The number of carboxylic acid groups (broad SMARTS) is 1. The summed E-state index contributed by atoms with van der Waals surface area (Å²) in [6.45, 7) is 2.94. The molecule has 0 aliphatic rings. The molecular formula is C16H15ClNO4S-. The van der Waals surface area contributed by atoms with E-state index in [0.29, 0.717) is 5.02 Å². The van der Waals surface area contributed by atoms with Crippen LogP contribution in [0.2, 0.25) is 5.02 Å². The van der Waals surface area contributed by atoms with Crippen LogP contribution in [0.15, 0.2) is 47.4 Å². The number of anilines is 1. The molecule has 0 aromatic heterocycles. The molecule has 122 valence electrons. The van der Waals surface area contributed by atoms with E-state index in [1.54, 1.807) is 18.2 Å². The number of hydrogen-bond acceptors (Lipinski definition) is 4. The molecule has 2 aromatic carbocycles. The lowest BCUT2D eigenvalue weighted by Crippen LogP contribution is -2.41. The number of aliphatic carboxylic acids is 1. The summed E-state index contributed by atoms with van der Waals surface area (Å²) >= 11 is 5.77. The number of carbonyl (C=O) groups is 1. The van der Waals surface area contributed by atoms with E-state index in [1.807, 2.05) is 13.8 Å². The van der Waals surface area contributed by atoms with E-state index in [1.165, 1.54) is 24.3 Å². The molecule has 0 amide bonds. The third-order valence-corrected chi connectivity index (χ3v) is 5.49. The van der Waals surface area contributed by atoms with Crippen molar-refractivity contribution in [2.45, 2.75) is 18.7 Å².